The zero-order valence-electron chi connectivity index (χ0n) is 16.4. The Morgan fingerprint density at radius 2 is 2.29 bits per heavy atom. The summed E-state index contributed by atoms with van der Waals surface area (Å²) in [4.78, 5) is 28.1. The van der Waals surface area contributed by atoms with Gasteiger partial charge < -0.3 is 9.88 Å². The Labute approximate surface area is 181 Å². The molecule has 4 rings (SSSR count). The second kappa shape index (κ2) is 8.20. The lowest BCUT2D eigenvalue weighted by Gasteiger charge is -2.13. The number of nitriles is 1. The van der Waals surface area contributed by atoms with Crippen LogP contribution in [0.4, 0.5) is 10.3 Å². The number of amides is 2. The van der Waals surface area contributed by atoms with Gasteiger partial charge in [-0.1, -0.05) is 11.6 Å². The molecule has 3 heterocycles. The van der Waals surface area contributed by atoms with Crippen molar-refractivity contribution in [2.24, 2.45) is 0 Å². The molecule has 1 aliphatic rings. The van der Waals surface area contributed by atoms with Crippen LogP contribution < -0.4 is 10.6 Å². The molecule has 1 atom stereocenters. The first-order valence-corrected chi connectivity index (χ1v) is 9.82. The maximum atomic E-state index is 14.0. The highest BCUT2D eigenvalue weighted by Crippen LogP contribution is 2.26. The van der Waals surface area contributed by atoms with Crippen LogP contribution in [-0.4, -0.2) is 37.2 Å². The standard InChI is InChI=1S/C20H17ClFN7O2/c1-11(24-19(31)17-10-28-4-3-18(30)26-20(28)25-17)9-29-5-2-16(27-29)12-6-14(21)13(8-23)15(22)7-12/h2,5-7,10-11H,3-4,9H2,1H3,(H,24,31)(H,25,26,30)/t11-/m0/s1. The van der Waals surface area contributed by atoms with E-state index in [-0.39, 0.29) is 34.1 Å². The topological polar surface area (TPSA) is 118 Å². The molecule has 0 aliphatic carbocycles. The molecule has 0 spiro atoms. The summed E-state index contributed by atoms with van der Waals surface area (Å²) in [5.41, 5.74) is 0.943. The summed E-state index contributed by atoms with van der Waals surface area (Å²) in [5.74, 6) is -0.841. The van der Waals surface area contributed by atoms with Gasteiger partial charge in [-0.2, -0.15) is 10.4 Å². The van der Waals surface area contributed by atoms with E-state index in [1.54, 1.807) is 33.8 Å². The van der Waals surface area contributed by atoms with Gasteiger partial charge in [-0.05, 0) is 25.1 Å². The number of nitrogens with zero attached hydrogens (tertiary/aromatic N) is 5. The third kappa shape index (κ3) is 4.27. The van der Waals surface area contributed by atoms with Gasteiger partial charge in [0.15, 0.2) is 0 Å². The number of hydrogen-bond donors (Lipinski definition) is 2. The average Bonchev–Trinajstić information content (AvgIpc) is 3.34. The van der Waals surface area contributed by atoms with Gasteiger partial charge in [-0.3, -0.25) is 19.6 Å². The molecule has 9 nitrogen and oxygen atoms in total. The zero-order valence-corrected chi connectivity index (χ0v) is 17.1. The van der Waals surface area contributed by atoms with Crippen LogP contribution in [0.5, 0.6) is 0 Å². The minimum Gasteiger partial charge on any atom is -0.346 e. The third-order valence-corrected chi connectivity index (χ3v) is 5.07. The molecule has 0 saturated carbocycles. The molecule has 0 unspecified atom stereocenters. The molecule has 2 aromatic heterocycles. The highest BCUT2D eigenvalue weighted by molar-refractivity contribution is 6.32. The van der Waals surface area contributed by atoms with Crippen molar-refractivity contribution in [2.45, 2.75) is 32.5 Å². The van der Waals surface area contributed by atoms with Crippen molar-refractivity contribution in [1.82, 2.24) is 24.6 Å². The second-order valence-corrected chi connectivity index (χ2v) is 7.57. The molecule has 1 aromatic carbocycles. The molecular weight excluding hydrogens is 425 g/mol. The third-order valence-electron chi connectivity index (χ3n) is 4.77. The van der Waals surface area contributed by atoms with Gasteiger partial charge in [0.1, 0.15) is 23.1 Å². The fourth-order valence-electron chi connectivity index (χ4n) is 3.27. The molecule has 0 saturated heterocycles. The molecule has 1 aliphatic heterocycles. The fourth-order valence-corrected chi connectivity index (χ4v) is 3.52. The van der Waals surface area contributed by atoms with Crippen LogP contribution in [0.3, 0.4) is 0 Å². The monoisotopic (exact) mass is 441 g/mol. The zero-order chi connectivity index (χ0) is 22.1. The molecule has 0 radical (unpaired) electrons. The quantitative estimate of drug-likeness (QED) is 0.631. The Balaban J connectivity index is 1.41. The second-order valence-electron chi connectivity index (χ2n) is 7.17. The number of aryl methyl sites for hydroxylation is 1. The van der Waals surface area contributed by atoms with Crippen molar-refractivity contribution in [1.29, 1.82) is 5.26 Å². The Hall–Kier alpha value is -3.71. The van der Waals surface area contributed by atoms with E-state index in [1.807, 2.05) is 6.92 Å². The molecule has 0 bridgehead atoms. The van der Waals surface area contributed by atoms with Gasteiger partial charge in [-0.25, -0.2) is 9.37 Å². The summed E-state index contributed by atoms with van der Waals surface area (Å²) < 4.78 is 17.3. The van der Waals surface area contributed by atoms with E-state index in [1.165, 1.54) is 12.1 Å². The van der Waals surface area contributed by atoms with E-state index < -0.39 is 5.82 Å². The first kappa shape index (κ1) is 20.6. The van der Waals surface area contributed by atoms with E-state index in [4.69, 9.17) is 16.9 Å². The lowest BCUT2D eigenvalue weighted by molar-refractivity contribution is -0.116. The van der Waals surface area contributed by atoms with Crippen LogP contribution in [-0.2, 0) is 17.9 Å². The Kier molecular flexibility index (Phi) is 5.44. The fraction of sp³-hybridized carbons (Fsp3) is 0.250. The SMILES string of the molecule is C[C@@H](Cn1ccc(-c2cc(F)c(C#N)c(Cl)c2)n1)NC(=O)c1cn2c(n1)NC(=O)CC2. The Morgan fingerprint density at radius 1 is 1.48 bits per heavy atom. The van der Waals surface area contributed by atoms with Crippen LogP contribution in [0, 0.1) is 17.1 Å². The number of benzene rings is 1. The van der Waals surface area contributed by atoms with Crippen molar-refractivity contribution >= 4 is 29.4 Å². The van der Waals surface area contributed by atoms with Crippen LogP contribution in [0.2, 0.25) is 5.02 Å². The van der Waals surface area contributed by atoms with Gasteiger partial charge in [0.25, 0.3) is 5.91 Å². The molecule has 11 heteroatoms. The summed E-state index contributed by atoms with van der Waals surface area (Å²) in [6.07, 6.45) is 3.65. The van der Waals surface area contributed by atoms with E-state index in [9.17, 15) is 14.0 Å². The highest BCUT2D eigenvalue weighted by Gasteiger charge is 2.21. The normalized spacial score (nSPS) is 13.8. The maximum Gasteiger partial charge on any atom is 0.271 e. The number of anilines is 1. The number of rotatable bonds is 5. The number of nitrogens with one attached hydrogen (secondary N) is 2. The highest BCUT2D eigenvalue weighted by atomic mass is 35.5. The molecular formula is C20H17ClFN7O2. The van der Waals surface area contributed by atoms with E-state index in [2.05, 4.69) is 20.7 Å². The number of halogens is 2. The van der Waals surface area contributed by atoms with Crippen LogP contribution in [0.25, 0.3) is 11.3 Å². The molecule has 0 fully saturated rings. The maximum absolute atomic E-state index is 14.0. The van der Waals surface area contributed by atoms with Crippen LogP contribution >= 0.6 is 11.6 Å². The van der Waals surface area contributed by atoms with Crippen LogP contribution in [0.15, 0.2) is 30.6 Å². The van der Waals surface area contributed by atoms with E-state index in [0.717, 1.165) is 0 Å². The minimum atomic E-state index is -0.709. The summed E-state index contributed by atoms with van der Waals surface area (Å²) in [6.45, 7) is 2.66. The van der Waals surface area contributed by atoms with Crippen molar-refractivity contribution in [2.75, 3.05) is 5.32 Å². The molecule has 31 heavy (non-hydrogen) atoms. The summed E-state index contributed by atoms with van der Waals surface area (Å²) >= 11 is 5.96. The number of carbonyl (C=O) groups excluding carboxylic acids is 2. The van der Waals surface area contributed by atoms with Gasteiger partial charge in [-0.15, -0.1) is 0 Å². The average molecular weight is 442 g/mol. The van der Waals surface area contributed by atoms with Crippen molar-refractivity contribution in [3.8, 4) is 17.3 Å². The predicted octanol–water partition coefficient (Wildman–Crippen LogP) is 2.57. The number of imidazole rings is 1. The van der Waals surface area contributed by atoms with Crippen molar-refractivity contribution in [3.05, 3.63) is 52.7 Å². The lowest BCUT2D eigenvalue weighted by atomic mass is 10.1. The number of carbonyl (C=O) groups is 2. The smallest absolute Gasteiger partial charge is 0.271 e. The van der Waals surface area contributed by atoms with Gasteiger partial charge >= 0.3 is 0 Å². The van der Waals surface area contributed by atoms with Crippen molar-refractivity contribution < 1.29 is 14.0 Å². The number of aromatic nitrogens is 4. The van der Waals surface area contributed by atoms with Gasteiger partial charge in [0, 0.05) is 37.0 Å². The van der Waals surface area contributed by atoms with Gasteiger partial charge in [0.05, 0.1) is 17.3 Å². The largest absolute Gasteiger partial charge is 0.346 e. The molecule has 3 aromatic rings. The minimum absolute atomic E-state index is 0.0200. The molecule has 2 amide bonds. The summed E-state index contributed by atoms with van der Waals surface area (Å²) in [5, 5.41) is 18.8. The number of hydrogen-bond acceptors (Lipinski definition) is 5. The number of fused-ring (bicyclic) bond motifs is 1. The first-order chi connectivity index (χ1) is 14.8. The van der Waals surface area contributed by atoms with E-state index in [0.29, 0.717) is 36.7 Å². The van der Waals surface area contributed by atoms with E-state index >= 15 is 0 Å². The van der Waals surface area contributed by atoms with Crippen LogP contribution in [0.1, 0.15) is 29.4 Å². The lowest BCUT2D eigenvalue weighted by Crippen LogP contribution is -2.36. The van der Waals surface area contributed by atoms with Gasteiger partial charge in [0.2, 0.25) is 11.9 Å². The first-order valence-electron chi connectivity index (χ1n) is 9.45. The summed E-state index contributed by atoms with van der Waals surface area (Å²) in [7, 11) is 0. The molecule has 158 valence electrons. The summed E-state index contributed by atoms with van der Waals surface area (Å²) in [6, 6.07) is 5.83. The Morgan fingerprint density at radius 3 is 3.03 bits per heavy atom. The molecule has 2 N–H and O–H groups in total. The predicted molar refractivity (Wildman–Crippen MR) is 110 cm³/mol. The Bertz CT molecular complexity index is 1200. The van der Waals surface area contributed by atoms with Crippen molar-refractivity contribution in [3.63, 3.8) is 0 Å².